The van der Waals surface area contributed by atoms with Crippen molar-refractivity contribution in [2.24, 2.45) is 0 Å². The molecule has 0 bridgehead atoms. The predicted octanol–water partition coefficient (Wildman–Crippen LogP) is 4.89. The molecule has 0 saturated carbocycles. The summed E-state index contributed by atoms with van der Waals surface area (Å²) in [5.74, 6) is -1.53. The van der Waals surface area contributed by atoms with E-state index in [4.69, 9.17) is 0 Å². The van der Waals surface area contributed by atoms with Crippen LogP contribution in [0.15, 0.2) is 84.1 Å². The number of fused-ring (bicyclic) bond motifs is 1. The fourth-order valence-corrected chi connectivity index (χ4v) is 4.75. The minimum atomic E-state index is -0.727. The van der Waals surface area contributed by atoms with E-state index >= 15 is 0 Å². The number of aryl methyl sites for hydroxylation is 1. The molecule has 1 aliphatic heterocycles. The lowest BCUT2D eigenvalue weighted by Crippen LogP contribution is -2.26. The Balaban J connectivity index is 1.35. The van der Waals surface area contributed by atoms with Crippen LogP contribution in [-0.2, 0) is 9.59 Å². The number of hydrogen-bond donors (Lipinski definition) is 3. The smallest absolute Gasteiger partial charge is 0.264 e. The number of carbonyl (C=O) groups excluding carboxylic acids is 2. The van der Waals surface area contributed by atoms with Gasteiger partial charge in [0.15, 0.2) is 0 Å². The van der Waals surface area contributed by atoms with Crippen molar-refractivity contribution in [2.45, 2.75) is 13.0 Å². The summed E-state index contributed by atoms with van der Waals surface area (Å²) in [4.78, 5) is 29.7. The second-order valence-electron chi connectivity index (χ2n) is 7.60. The number of hydrogen-bond acceptors (Lipinski definition) is 5. The zero-order chi connectivity index (χ0) is 22.2. The van der Waals surface area contributed by atoms with E-state index in [2.05, 4.69) is 28.6 Å². The average molecular weight is 442 g/mol. The highest BCUT2D eigenvalue weighted by Gasteiger charge is 2.36. The molecule has 1 atom stereocenters. The number of aliphatic hydroxyl groups excluding tert-OH is 1. The summed E-state index contributed by atoms with van der Waals surface area (Å²) in [7, 11) is 0. The molecule has 0 radical (unpaired) electrons. The van der Waals surface area contributed by atoms with E-state index < -0.39 is 17.9 Å². The standard InChI is InChI=1S/C25H19N3O3S/c1-14-7-12-18-19(13-14)32-25(27-18)16-8-10-17(11-9-16)26-23(30)20-22(29)21(28-24(20)31)15-5-3-2-4-6-15/h2-13,21,29H,1H3,(H,26,30)(H,28,31). The minimum Gasteiger partial charge on any atom is -0.509 e. The summed E-state index contributed by atoms with van der Waals surface area (Å²) >= 11 is 1.61. The van der Waals surface area contributed by atoms with Crippen LogP contribution in [0.25, 0.3) is 20.8 Å². The van der Waals surface area contributed by atoms with Crippen LogP contribution < -0.4 is 10.6 Å². The zero-order valence-electron chi connectivity index (χ0n) is 17.1. The number of anilines is 1. The molecule has 4 aromatic rings. The van der Waals surface area contributed by atoms with Crippen molar-refractivity contribution in [1.82, 2.24) is 10.3 Å². The van der Waals surface area contributed by atoms with E-state index in [9.17, 15) is 14.7 Å². The lowest BCUT2D eigenvalue weighted by Gasteiger charge is -2.10. The number of amides is 2. The van der Waals surface area contributed by atoms with Gasteiger partial charge >= 0.3 is 0 Å². The fraction of sp³-hybridized carbons (Fsp3) is 0.0800. The highest BCUT2D eigenvalue weighted by Crippen LogP contribution is 2.32. The van der Waals surface area contributed by atoms with Crippen molar-refractivity contribution >= 4 is 39.1 Å². The topological polar surface area (TPSA) is 91.3 Å². The van der Waals surface area contributed by atoms with Crippen LogP contribution in [0.4, 0.5) is 5.69 Å². The first-order chi connectivity index (χ1) is 15.5. The molecule has 1 aromatic heterocycles. The van der Waals surface area contributed by atoms with Crippen molar-refractivity contribution in [2.75, 3.05) is 5.32 Å². The fourth-order valence-electron chi connectivity index (χ4n) is 3.68. The number of nitrogens with zero attached hydrogens (tertiary/aromatic N) is 1. The second kappa shape index (κ2) is 7.94. The van der Waals surface area contributed by atoms with Crippen LogP contribution in [0.5, 0.6) is 0 Å². The first kappa shape index (κ1) is 20.0. The molecule has 0 saturated heterocycles. The van der Waals surface area contributed by atoms with Crippen LogP contribution in [-0.4, -0.2) is 21.9 Å². The summed E-state index contributed by atoms with van der Waals surface area (Å²) in [5, 5.41) is 16.8. The summed E-state index contributed by atoms with van der Waals surface area (Å²) in [5.41, 5.74) is 4.03. The molecule has 7 heteroatoms. The Morgan fingerprint density at radius 1 is 1.06 bits per heavy atom. The Hall–Kier alpha value is -3.97. The number of carbonyl (C=O) groups is 2. The molecule has 1 aliphatic rings. The van der Waals surface area contributed by atoms with Gasteiger partial charge in [0.25, 0.3) is 11.8 Å². The third-order valence-electron chi connectivity index (χ3n) is 5.33. The Labute approximate surface area is 188 Å². The first-order valence-corrected chi connectivity index (χ1v) is 10.9. The van der Waals surface area contributed by atoms with Gasteiger partial charge in [0.2, 0.25) is 0 Å². The maximum Gasteiger partial charge on any atom is 0.264 e. The molecule has 1 unspecified atom stereocenters. The number of rotatable bonds is 4. The van der Waals surface area contributed by atoms with E-state index in [1.165, 1.54) is 5.56 Å². The molecule has 2 amide bonds. The van der Waals surface area contributed by atoms with Gasteiger partial charge in [-0.1, -0.05) is 36.4 Å². The van der Waals surface area contributed by atoms with Gasteiger partial charge in [-0.05, 0) is 54.4 Å². The van der Waals surface area contributed by atoms with Gasteiger partial charge in [0.1, 0.15) is 22.4 Å². The predicted molar refractivity (Wildman–Crippen MR) is 125 cm³/mol. The number of aliphatic hydroxyl groups is 1. The normalized spacial score (nSPS) is 15.8. The lowest BCUT2D eigenvalue weighted by atomic mass is 10.1. The average Bonchev–Trinajstić information content (AvgIpc) is 3.34. The monoisotopic (exact) mass is 441 g/mol. The van der Waals surface area contributed by atoms with Gasteiger partial charge in [-0.15, -0.1) is 11.3 Å². The highest BCUT2D eigenvalue weighted by molar-refractivity contribution is 7.21. The zero-order valence-corrected chi connectivity index (χ0v) is 17.9. The van der Waals surface area contributed by atoms with Gasteiger partial charge < -0.3 is 15.7 Å². The molecule has 32 heavy (non-hydrogen) atoms. The molecule has 0 spiro atoms. The molecule has 0 fully saturated rings. The third-order valence-corrected chi connectivity index (χ3v) is 6.39. The number of thiazole rings is 1. The second-order valence-corrected chi connectivity index (χ2v) is 8.63. The van der Waals surface area contributed by atoms with Gasteiger partial charge in [-0.3, -0.25) is 9.59 Å². The molecule has 5 rings (SSSR count). The summed E-state index contributed by atoms with van der Waals surface area (Å²) in [6.45, 7) is 2.05. The molecule has 3 N–H and O–H groups in total. The molecule has 3 aromatic carbocycles. The summed E-state index contributed by atoms with van der Waals surface area (Å²) < 4.78 is 1.13. The van der Waals surface area contributed by atoms with Crippen LogP contribution in [0.3, 0.4) is 0 Å². The Morgan fingerprint density at radius 3 is 2.56 bits per heavy atom. The highest BCUT2D eigenvalue weighted by atomic mass is 32.1. The number of nitrogens with one attached hydrogen (secondary N) is 2. The molecule has 2 heterocycles. The molecule has 158 valence electrons. The van der Waals surface area contributed by atoms with E-state index in [1.54, 1.807) is 47.7 Å². The first-order valence-electron chi connectivity index (χ1n) is 10.1. The third kappa shape index (κ3) is 3.63. The largest absolute Gasteiger partial charge is 0.509 e. The van der Waals surface area contributed by atoms with Crippen LogP contribution >= 0.6 is 11.3 Å². The van der Waals surface area contributed by atoms with Gasteiger partial charge in [-0.2, -0.15) is 0 Å². The summed E-state index contributed by atoms with van der Waals surface area (Å²) in [6.07, 6.45) is 0. The van der Waals surface area contributed by atoms with Crippen molar-refractivity contribution in [1.29, 1.82) is 0 Å². The minimum absolute atomic E-state index is 0.274. The van der Waals surface area contributed by atoms with Crippen molar-refractivity contribution in [3.05, 3.63) is 95.3 Å². The molecule has 6 nitrogen and oxygen atoms in total. The van der Waals surface area contributed by atoms with Gasteiger partial charge in [0, 0.05) is 11.3 Å². The van der Waals surface area contributed by atoms with Gasteiger partial charge in [0.05, 0.1) is 10.2 Å². The Kier molecular flexibility index (Phi) is 4.95. The van der Waals surface area contributed by atoms with E-state index in [0.717, 1.165) is 20.8 Å². The van der Waals surface area contributed by atoms with Crippen molar-refractivity contribution in [3.8, 4) is 10.6 Å². The quantitative estimate of drug-likeness (QED) is 0.393. The van der Waals surface area contributed by atoms with Crippen LogP contribution in [0.2, 0.25) is 0 Å². The Bertz CT molecular complexity index is 1370. The van der Waals surface area contributed by atoms with Crippen LogP contribution in [0, 0.1) is 6.92 Å². The lowest BCUT2D eigenvalue weighted by molar-refractivity contribution is -0.120. The van der Waals surface area contributed by atoms with Crippen molar-refractivity contribution < 1.29 is 14.7 Å². The van der Waals surface area contributed by atoms with Crippen molar-refractivity contribution in [3.63, 3.8) is 0 Å². The molecular weight excluding hydrogens is 422 g/mol. The Morgan fingerprint density at radius 2 is 1.81 bits per heavy atom. The van der Waals surface area contributed by atoms with Gasteiger partial charge in [-0.25, -0.2) is 4.98 Å². The number of benzene rings is 3. The van der Waals surface area contributed by atoms with Crippen LogP contribution in [0.1, 0.15) is 17.2 Å². The summed E-state index contributed by atoms with van der Waals surface area (Å²) in [6, 6.07) is 21.7. The van der Waals surface area contributed by atoms with E-state index in [0.29, 0.717) is 11.3 Å². The number of aromatic nitrogens is 1. The SMILES string of the molecule is Cc1ccc2nc(-c3ccc(NC(=O)C4=C(O)C(c5ccccc5)NC4=O)cc3)sc2c1. The molecular formula is C25H19N3O3S. The maximum atomic E-state index is 12.7. The maximum absolute atomic E-state index is 12.7. The van der Waals surface area contributed by atoms with E-state index in [1.807, 2.05) is 30.3 Å². The molecule has 0 aliphatic carbocycles. The van der Waals surface area contributed by atoms with E-state index in [-0.39, 0.29) is 11.3 Å².